The maximum Gasteiger partial charge on any atom is 0.196 e. The van der Waals surface area contributed by atoms with Crippen LogP contribution in [-0.4, -0.2) is 4.57 Å². The van der Waals surface area contributed by atoms with E-state index >= 15 is 0 Å². The van der Waals surface area contributed by atoms with Gasteiger partial charge in [-0.3, -0.25) is 0 Å². The van der Waals surface area contributed by atoms with E-state index in [4.69, 9.17) is 6.57 Å². The third-order valence-corrected chi connectivity index (χ3v) is 6.72. The van der Waals surface area contributed by atoms with Crippen LogP contribution in [0.1, 0.15) is 11.1 Å². The number of fused-ring (bicyclic) bond motifs is 3. The van der Waals surface area contributed by atoms with Gasteiger partial charge in [-0.05, 0) is 47.5 Å². The molecule has 0 unspecified atom stereocenters. The van der Waals surface area contributed by atoms with Crippen molar-refractivity contribution in [3.8, 4) is 40.1 Å². The van der Waals surface area contributed by atoms with Crippen molar-refractivity contribution >= 4 is 27.5 Å². The summed E-state index contributed by atoms with van der Waals surface area (Å²) in [7, 11) is 0. The minimum absolute atomic E-state index is 0.432. The zero-order valence-corrected chi connectivity index (χ0v) is 19.7. The van der Waals surface area contributed by atoms with Crippen LogP contribution in [0, 0.1) is 29.2 Å². The van der Waals surface area contributed by atoms with Gasteiger partial charge in [-0.15, -0.1) is 0 Å². The highest BCUT2D eigenvalue weighted by atomic mass is 15.0. The lowest BCUT2D eigenvalue weighted by atomic mass is 9.91. The van der Waals surface area contributed by atoms with Crippen molar-refractivity contribution in [3.05, 3.63) is 132 Å². The van der Waals surface area contributed by atoms with E-state index < -0.39 is 0 Å². The highest BCUT2D eigenvalue weighted by Crippen LogP contribution is 2.45. The van der Waals surface area contributed by atoms with Crippen molar-refractivity contribution in [2.75, 3.05) is 0 Å². The van der Waals surface area contributed by atoms with Gasteiger partial charge in [0.25, 0.3) is 0 Å². The van der Waals surface area contributed by atoms with Gasteiger partial charge in [-0.2, -0.15) is 10.5 Å². The minimum Gasteiger partial charge on any atom is -0.309 e. The van der Waals surface area contributed by atoms with Crippen LogP contribution < -0.4 is 0 Å². The normalized spacial score (nSPS) is 10.6. The maximum absolute atomic E-state index is 9.98. The summed E-state index contributed by atoms with van der Waals surface area (Å²) in [6.07, 6.45) is 0. The largest absolute Gasteiger partial charge is 0.309 e. The predicted octanol–water partition coefficient (Wildman–Crippen LogP) is 8.41. The van der Waals surface area contributed by atoms with Gasteiger partial charge in [0, 0.05) is 33.2 Å². The lowest BCUT2D eigenvalue weighted by molar-refractivity contribution is 1.18. The molecular weight excluding hydrogens is 452 g/mol. The lowest BCUT2D eigenvalue weighted by Gasteiger charge is -2.11. The van der Waals surface area contributed by atoms with Gasteiger partial charge in [0.1, 0.15) is 0 Å². The monoisotopic (exact) mass is 470 g/mol. The Kier molecular flexibility index (Phi) is 5.24. The predicted molar refractivity (Wildman–Crippen MR) is 147 cm³/mol. The Morgan fingerprint density at radius 1 is 0.568 bits per heavy atom. The number of nitriles is 2. The molecule has 0 saturated heterocycles. The summed E-state index contributed by atoms with van der Waals surface area (Å²) in [5.41, 5.74) is 7.65. The van der Waals surface area contributed by atoms with E-state index in [1.54, 1.807) is 18.2 Å². The standard InChI is InChI=1S/C33H18N4/c1-36-28-17-7-11-23(21-35)31(28)27-16-9-19-30-33(27)32-26(25-14-6-5-10-22(25)20-34)15-8-18-29(32)37(30)24-12-3-2-4-13-24/h2-19H. The first-order chi connectivity index (χ1) is 18.3. The molecule has 0 atom stereocenters. The van der Waals surface area contributed by atoms with Crippen LogP contribution >= 0.6 is 0 Å². The lowest BCUT2D eigenvalue weighted by Crippen LogP contribution is -1.93. The van der Waals surface area contributed by atoms with Crippen molar-refractivity contribution in [1.82, 2.24) is 4.57 Å². The van der Waals surface area contributed by atoms with Crippen LogP contribution in [0.5, 0.6) is 0 Å². The Morgan fingerprint density at radius 3 is 1.84 bits per heavy atom. The third-order valence-electron chi connectivity index (χ3n) is 6.72. The molecule has 5 aromatic carbocycles. The fraction of sp³-hybridized carbons (Fsp3) is 0. The van der Waals surface area contributed by atoms with E-state index in [2.05, 4.69) is 45.8 Å². The molecule has 0 amide bonds. The Balaban J connectivity index is 1.87. The Morgan fingerprint density at radius 2 is 1.14 bits per heavy atom. The van der Waals surface area contributed by atoms with E-state index in [0.29, 0.717) is 22.4 Å². The smallest absolute Gasteiger partial charge is 0.196 e. The summed E-state index contributed by atoms with van der Waals surface area (Å²) in [5.74, 6) is 0. The highest BCUT2D eigenvalue weighted by molar-refractivity contribution is 6.21. The average molecular weight is 471 g/mol. The second-order valence-electron chi connectivity index (χ2n) is 8.65. The molecule has 4 nitrogen and oxygen atoms in total. The summed E-state index contributed by atoms with van der Waals surface area (Å²) in [4.78, 5) is 3.76. The first-order valence-corrected chi connectivity index (χ1v) is 11.8. The SMILES string of the molecule is [C-]#[N+]c1cccc(C#N)c1-c1cccc2c1c1c(-c3ccccc3C#N)cccc1n2-c1ccccc1. The molecule has 0 N–H and O–H groups in total. The Labute approximate surface area is 214 Å². The fourth-order valence-corrected chi connectivity index (χ4v) is 5.22. The number of para-hydroxylation sites is 1. The van der Waals surface area contributed by atoms with Crippen molar-refractivity contribution in [3.63, 3.8) is 0 Å². The van der Waals surface area contributed by atoms with Gasteiger partial charge in [0.15, 0.2) is 5.69 Å². The van der Waals surface area contributed by atoms with Crippen LogP contribution in [-0.2, 0) is 0 Å². The third kappa shape index (κ3) is 3.35. The summed E-state index contributed by atoms with van der Waals surface area (Å²) < 4.78 is 2.21. The second kappa shape index (κ2) is 8.86. The number of hydrogen-bond donors (Lipinski definition) is 0. The van der Waals surface area contributed by atoms with E-state index in [1.807, 2.05) is 66.7 Å². The fourth-order valence-electron chi connectivity index (χ4n) is 5.22. The molecule has 170 valence electrons. The first-order valence-electron chi connectivity index (χ1n) is 11.8. The van der Waals surface area contributed by atoms with Gasteiger partial charge in [0.2, 0.25) is 0 Å². The van der Waals surface area contributed by atoms with Crippen LogP contribution in [0.2, 0.25) is 0 Å². The Bertz CT molecular complexity index is 1930. The molecule has 1 aromatic heterocycles. The molecule has 1 heterocycles. The highest BCUT2D eigenvalue weighted by Gasteiger charge is 2.22. The van der Waals surface area contributed by atoms with Gasteiger partial charge in [-0.1, -0.05) is 72.8 Å². The van der Waals surface area contributed by atoms with Crippen molar-refractivity contribution in [2.24, 2.45) is 0 Å². The quantitative estimate of drug-likeness (QED) is 0.244. The summed E-state index contributed by atoms with van der Waals surface area (Å²) in [6.45, 7) is 7.82. The molecule has 37 heavy (non-hydrogen) atoms. The topological polar surface area (TPSA) is 56.9 Å². The molecule has 0 aliphatic heterocycles. The van der Waals surface area contributed by atoms with Crippen LogP contribution in [0.3, 0.4) is 0 Å². The number of aromatic nitrogens is 1. The molecule has 4 heteroatoms. The molecule has 0 aliphatic carbocycles. The van der Waals surface area contributed by atoms with Crippen LogP contribution in [0.4, 0.5) is 5.69 Å². The van der Waals surface area contributed by atoms with E-state index in [9.17, 15) is 10.5 Å². The molecule has 0 bridgehead atoms. The summed E-state index contributed by atoms with van der Waals surface area (Å²) in [5, 5.41) is 21.8. The van der Waals surface area contributed by atoms with Crippen LogP contribution in [0.25, 0.3) is 54.6 Å². The zero-order valence-electron chi connectivity index (χ0n) is 19.7. The second-order valence-corrected chi connectivity index (χ2v) is 8.65. The van der Waals surface area contributed by atoms with E-state index in [0.717, 1.165) is 44.2 Å². The number of rotatable bonds is 3. The minimum atomic E-state index is 0.432. The molecule has 6 rings (SSSR count). The van der Waals surface area contributed by atoms with Gasteiger partial charge >= 0.3 is 0 Å². The van der Waals surface area contributed by atoms with Gasteiger partial charge in [0.05, 0.1) is 35.3 Å². The summed E-state index contributed by atoms with van der Waals surface area (Å²) >= 11 is 0. The van der Waals surface area contributed by atoms with Gasteiger partial charge < -0.3 is 4.57 Å². The molecule has 0 saturated carbocycles. The van der Waals surface area contributed by atoms with Gasteiger partial charge in [-0.25, -0.2) is 4.85 Å². The summed E-state index contributed by atoms with van der Waals surface area (Å²) in [6, 6.07) is 39.8. The van der Waals surface area contributed by atoms with E-state index in [-0.39, 0.29) is 0 Å². The molecule has 0 radical (unpaired) electrons. The molecule has 0 fully saturated rings. The van der Waals surface area contributed by atoms with Crippen molar-refractivity contribution in [2.45, 2.75) is 0 Å². The van der Waals surface area contributed by atoms with Crippen molar-refractivity contribution in [1.29, 1.82) is 10.5 Å². The maximum atomic E-state index is 9.98. The first kappa shape index (κ1) is 21.9. The molecule has 0 aliphatic rings. The number of benzene rings is 5. The van der Waals surface area contributed by atoms with E-state index in [1.165, 1.54) is 0 Å². The number of nitrogens with zero attached hydrogens (tertiary/aromatic N) is 4. The zero-order chi connectivity index (χ0) is 25.4. The average Bonchev–Trinajstić information content (AvgIpc) is 3.32. The molecule has 0 spiro atoms. The number of hydrogen-bond acceptors (Lipinski definition) is 2. The van der Waals surface area contributed by atoms with Crippen molar-refractivity contribution < 1.29 is 0 Å². The molecule has 6 aromatic rings. The molecular formula is C33H18N4. The van der Waals surface area contributed by atoms with Crippen LogP contribution in [0.15, 0.2) is 109 Å². The Hall–Kier alpha value is -5.63.